The fourth-order valence-electron chi connectivity index (χ4n) is 2.39. The molecule has 0 saturated heterocycles. The SMILES string of the molecule is Cc1ccc(NS(=O)(=O)c2ccc(NC(C)C(N)=O)c([N+](=O)[O-])c2)c(C)c1. The van der Waals surface area contributed by atoms with Crippen LogP contribution in [-0.2, 0) is 14.8 Å². The third-order valence-electron chi connectivity index (χ3n) is 3.90. The monoisotopic (exact) mass is 392 g/mol. The molecule has 4 N–H and O–H groups in total. The molecule has 1 atom stereocenters. The van der Waals surface area contributed by atoms with Gasteiger partial charge in [-0.05, 0) is 44.5 Å². The molecular formula is C17H20N4O5S. The largest absolute Gasteiger partial charge is 0.368 e. The van der Waals surface area contributed by atoms with E-state index < -0.39 is 32.6 Å². The first-order valence-electron chi connectivity index (χ1n) is 7.95. The van der Waals surface area contributed by atoms with Crippen molar-refractivity contribution in [1.82, 2.24) is 0 Å². The van der Waals surface area contributed by atoms with Crippen molar-refractivity contribution in [2.75, 3.05) is 10.0 Å². The minimum absolute atomic E-state index is 0.00299. The summed E-state index contributed by atoms with van der Waals surface area (Å²) in [5.41, 5.74) is 6.74. The van der Waals surface area contributed by atoms with Gasteiger partial charge in [-0.3, -0.25) is 19.6 Å². The van der Waals surface area contributed by atoms with Crippen LogP contribution in [0.4, 0.5) is 17.1 Å². The molecule has 0 aromatic heterocycles. The van der Waals surface area contributed by atoms with E-state index in [0.29, 0.717) is 5.69 Å². The number of nitro groups is 1. The van der Waals surface area contributed by atoms with E-state index in [1.54, 1.807) is 19.1 Å². The third kappa shape index (κ3) is 4.73. The van der Waals surface area contributed by atoms with E-state index in [0.717, 1.165) is 17.2 Å². The molecule has 9 nitrogen and oxygen atoms in total. The van der Waals surface area contributed by atoms with Crippen LogP contribution in [0, 0.1) is 24.0 Å². The number of nitrogens with two attached hydrogens (primary N) is 1. The lowest BCUT2D eigenvalue weighted by atomic mass is 10.1. The standard InChI is InChI=1S/C17H20N4O5S/c1-10-4-6-14(11(2)8-10)20-27(25,26)13-5-7-15(16(9-13)21(23)24)19-12(3)17(18)22/h4-9,12,19-20H,1-3H3,(H2,18,22). The van der Waals surface area contributed by atoms with Crippen LogP contribution in [-0.4, -0.2) is 25.3 Å². The minimum atomic E-state index is -4.04. The van der Waals surface area contributed by atoms with Gasteiger partial charge in [0.05, 0.1) is 15.5 Å². The highest BCUT2D eigenvalue weighted by Crippen LogP contribution is 2.29. The highest BCUT2D eigenvalue weighted by atomic mass is 32.2. The number of rotatable bonds is 7. The maximum Gasteiger partial charge on any atom is 0.293 e. The van der Waals surface area contributed by atoms with Crippen molar-refractivity contribution in [3.8, 4) is 0 Å². The number of carbonyl (C=O) groups is 1. The Morgan fingerprint density at radius 3 is 2.33 bits per heavy atom. The second-order valence-corrected chi connectivity index (χ2v) is 7.81. The van der Waals surface area contributed by atoms with E-state index in [2.05, 4.69) is 10.0 Å². The summed E-state index contributed by atoms with van der Waals surface area (Å²) in [4.78, 5) is 21.5. The lowest BCUT2D eigenvalue weighted by molar-refractivity contribution is -0.384. The summed E-state index contributed by atoms with van der Waals surface area (Å²) in [6.45, 7) is 5.08. The second-order valence-electron chi connectivity index (χ2n) is 6.13. The molecule has 2 rings (SSSR count). The first kappa shape index (κ1) is 20.2. The van der Waals surface area contributed by atoms with Crippen molar-refractivity contribution in [3.05, 3.63) is 57.6 Å². The molecule has 1 unspecified atom stereocenters. The number of sulfonamides is 1. The van der Waals surface area contributed by atoms with Gasteiger partial charge in [0.15, 0.2) is 0 Å². The topological polar surface area (TPSA) is 144 Å². The van der Waals surface area contributed by atoms with Crippen molar-refractivity contribution in [3.63, 3.8) is 0 Å². The molecule has 2 aromatic rings. The van der Waals surface area contributed by atoms with Gasteiger partial charge >= 0.3 is 0 Å². The van der Waals surface area contributed by atoms with Crippen molar-refractivity contribution in [1.29, 1.82) is 0 Å². The average molecular weight is 392 g/mol. The predicted octanol–water partition coefficient (Wildman–Crippen LogP) is 2.30. The molecule has 144 valence electrons. The Bertz CT molecular complexity index is 1000. The smallest absolute Gasteiger partial charge is 0.293 e. The summed E-state index contributed by atoms with van der Waals surface area (Å²) in [6, 6.07) is 7.72. The van der Waals surface area contributed by atoms with E-state index in [1.165, 1.54) is 19.1 Å². The first-order chi connectivity index (χ1) is 12.5. The molecule has 10 heteroatoms. The molecular weight excluding hydrogens is 372 g/mol. The highest BCUT2D eigenvalue weighted by molar-refractivity contribution is 7.92. The van der Waals surface area contributed by atoms with E-state index in [9.17, 15) is 23.3 Å². The summed E-state index contributed by atoms with van der Waals surface area (Å²) in [7, 11) is -4.04. The van der Waals surface area contributed by atoms with Crippen molar-refractivity contribution >= 4 is 33.0 Å². The van der Waals surface area contributed by atoms with Crippen LogP contribution in [0.1, 0.15) is 18.1 Å². The molecule has 0 aliphatic heterocycles. The van der Waals surface area contributed by atoms with Crippen LogP contribution in [0.5, 0.6) is 0 Å². The van der Waals surface area contributed by atoms with Crippen LogP contribution in [0.3, 0.4) is 0 Å². The van der Waals surface area contributed by atoms with Crippen LogP contribution in [0.2, 0.25) is 0 Å². The molecule has 0 radical (unpaired) electrons. The molecule has 0 aliphatic carbocycles. The van der Waals surface area contributed by atoms with Gasteiger partial charge in [-0.1, -0.05) is 17.7 Å². The Hall–Kier alpha value is -3.14. The number of amides is 1. The van der Waals surface area contributed by atoms with E-state index >= 15 is 0 Å². The van der Waals surface area contributed by atoms with Crippen molar-refractivity contribution in [2.45, 2.75) is 31.7 Å². The summed E-state index contributed by atoms with van der Waals surface area (Å²) in [5.74, 6) is -0.697. The number of benzene rings is 2. The number of primary amides is 1. The highest BCUT2D eigenvalue weighted by Gasteiger charge is 2.23. The van der Waals surface area contributed by atoms with Gasteiger partial charge in [0.2, 0.25) is 5.91 Å². The number of nitro benzene ring substituents is 1. The number of nitrogens with one attached hydrogen (secondary N) is 2. The first-order valence-corrected chi connectivity index (χ1v) is 9.44. The van der Waals surface area contributed by atoms with E-state index in [1.807, 2.05) is 13.0 Å². The van der Waals surface area contributed by atoms with Gasteiger partial charge in [0, 0.05) is 6.07 Å². The molecule has 27 heavy (non-hydrogen) atoms. The van der Waals surface area contributed by atoms with Crippen LogP contribution < -0.4 is 15.8 Å². The van der Waals surface area contributed by atoms with Gasteiger partial charge in [-0.2, -0.15) is 0 Å². The summed E-state index contributed by atoms with van der Waals surface area (Å²) in [5, 5.41) is 13.9. The summed E-state index contributed by atoms with van der Waals surface area (Å²) < 4.78 is 27.7. The van der Waals surface area contributed by atoms with E-state index in [-0.39, 0.29) is 10.6 Å². The Labute approximate surface area is 156 Å². The molecule has 0 spiro atoms. The predicted molar refractivity (Wildman–Crippen MR) is 102 cm³/mol. The molecule has 2 aromatic carbocycles. The fourth-order valence-corrected chi connectivity index (χ4v) is 3.54. The van der Waals surface area contributed by atoms with Crippen LogP contribution >= 0.6 is 0 Å². The lowest BCUT2D eigenvalue weighted by Gasteiger charge is -2.14. The van der Waals surface area contributed by atoms with Crippen LogP contribution in [0.25, 0.3) is 0 Å². The summed E-state index contributed by atoms with van der Waals surface area (Å²) >= 11 is 0. The molecule has 0 saturated carbocycles. The zero-order valence-electron chi connectivity index (χ0n) is 15.0. The van der Waals surface area contributed by atoms with Gasteiger partial charge in [0.1, 0.15) is 11.7 Å². The normalized spacial score (nSPS) is 12.3. The van der Waals surface area contributed by atoms with Gasteiger partial charge in [-0.25, -0.2) is 8.42 Å². The molecule has 0 aliphatic rings. The summed E-state index contributed by atoms with van der Waals surface area (Å²) in [6.07, 6.45) is 0. The Kier molecular flexibility index (Phi) is 5.69. The van der Waals surface area contributed by atoms with E-state index in [4.69, 9.17) is 5.73 Å². The number of hydrogen-bond acceptors (Lipinski definition) is 6. The molecule has 0 heterocycles. The van der Waals surface area contributed by atoms with Gasteiger partial charge in [-0.15, -0.1) is 0 Å². The number of anilines is 2. The Morgan fingerprint density at radius 1 is 1.15 bits per heavy atom. The second kappa shape index (κ2) is 7.62. The Morgan fingerprint density at radius 2 is 1.78 bits per heavy atom. The third-order valence-corrected chi connectivity index (χ3v) is 5.26. The lowest BCUT2D eigenvalue weighted by Crippen LogP contribution is -2.32. The molecule has 0 bridgehead atoms. The maximum absolute atomic E-state index is 12.6. The minimum Gasteiger partial charge on any atom is -0.368 e. The average Bonchev–Trinajstić information content (AvgIpc) is 2.57. The van der Waals surface area contributed by atoms with Crippen molar-refractivity contribution < 1.29 is 18.1 Å². The number of aryl methyl sites for hydroxylation is 2. The number of hydrogen-bond donors (Lipinski definition) is 3. The zero-order chi connectivity index (χ0) is 20.4. The van der Waals surface area contributed by atoms with Crippen molar-refractivity contribution in [2.24, 2.45) is 5.73 Å². The molecule has 1 amide bonds. The zero-order valence-corrected chi connectivity index (χ0v) is 15.8. The van der Waals surface area contributed by atoms with Gasteiger partial charge in [0.25, 0.3) is 15.7 Å². The quantitative estimate of drug-likeness (QED) is 0.487. The molecule has 0 fully saturated rings. The number of carbonyl (C=O) groups excluding carboxylic acids is 1. The number of nitrogens with zero attached hydrogens (tertiary/aromatic N) is 1. The Balaban J connectivity index is 2.40. The maximum atomic E-state index is 12.6. The van der Waals surface area contributed by atoms with Crippen LogP contribution in [0.15, 0.2) is 41.3 Å². The van der Waals surface area contributed by atoms with Gasteiger partial charge < -0.3 is 11.1 Å². The fraction of sp³-hybridized carbons (Fsp3) is 0.235.